The van der Waals surface area contributed by atoms with Gasteiger partial charge in [-0.3, -0.25) is 0 Å². The topological polar surface area (TPSA) is 45.9 Å². The number of hydrogen-bond donors (Lipinski definition) is 0. The first-order chi connectivity index (χ1) is 9.90. The summed E-state index contributed by atoms with van der Waals surface area (Å²) in [6.45, 7) is -0.122. The van der Waals surface area contributed by atoms with Crippen molar-refractivity contribution in [3.8, 4) is 11.9 Å². The summed E-state index contributed by atoms with van der Waals surface area (Å²) in [5.41, 5.74) is -0.708. The van der Waals surface area contributed by atoms with Gasteiger partial charge in [-0.05, 0) is 29.8 Å². The van der Waals surface area contributed by atoms with Crippen molar-refractivity contribution in [1.29, 1.82) is 5.26 Å². The molecule has 0 aliphatic carbocycles. The molecule has 0 saturated heterocycles. The average Bonchev–Trinajstić information content (AvgIpc) is 2.45. The van der Waals surface area contributed by atoms with Crippen LogP contribution in [0.2, 0.25) is 0 Å². The third kappa shape index (κ3) is 3.69. The van der Waals surface area contributed by atoms with Crippen LogP contribution in [0.4, 0.5) is 17.6 Å². The Morgan fingerprint density at radius 2 is 1.76 bits per heavy atom. The standard InChI is InChI=1S/C14H8F4N2O/c15-11-4-1-9(2-5-11)8-21-13-10(7-19)3-6-12(20-13)14(16,17)18/h1-6H,8H2. The van der Waals surface area contributed by atoms with E-state index in [1.807, 2.05) is 0 Å². The molecular weight excluding hydrogens is 288 g/mol. The molecule has 1 aromatic carbocycles. The number of alkyl halides is 3. The summed E-state index contributed by atoms with van der Waals surface area (Å²) in [6, 6.07) is 8.66. The second kappa shape index (κ2) is 5.79. The van der Waals surface area contributed by atoms with Crippen molar-refractivity contribution in [2.24, 2.45) is 0 Å². The average molecular weight is 296 g/mol. The van der Waals surface area contributed by atoms with Crippen LogP contribution in [-0.2, 0) is 12.8 Å². The number of aromatic nitrogens is 1. The van der Waals surface area contributed by atoms with Gasteiger partial charge in [0.25, 0.3) is 0 Å². The van der Waals surface area contributed by atoms with E-state index in [1.54, 1.807) is 6.07 Å². The van der Waals surface area contributed by atoms with Gasteiger partial charge in [-0.2, -0.15) is 18.4 Å². The number of nitriles is 1. The van der Waals surface area contributed by atoms with E-state index in [-0.39, 0.29) is 12.2 Å². The lowest BCUT2D eigenvalue weighted by Crippen LogP contribution is -2.10. The summed E-state index contributed by atoms with van der Waals surface area (Å²) in [7, 11) is 0. The number of rotatable bonds is 3. The molecule has 7 heteroatoms. The van der Waals surface area contributed by atoms with Crippen LogP contribution in [0.25, 0.3) is 0 Å². The van der Waals surface area contributed by atoms with Gasteiger partial charge >= 0.3 is 6.18 Å². The summed E-state index contributed by atoms with van der Waals surface area (Å²) in [5, 5.41) is 8.84. The molecule has 1 heterocycles. The van der Waals surface area contributed by atoms with E-state index in [4.69, 9.17) is 10.00 Å². The van der Waals surface area contributed by atoms with Crippen molar-refractivity contribution in [3.05, 3.63) is 59.0 Å². The van der Waals surface area contributed by atoms with Gasteiger partial charge in [-0.1, -0.05) is 12.1 Å². The molecule has 0 aliphatic rings. The Labute approximate surface area is 117 Å². The van der Waals surface area contributed by atoms with Crippen LogP contribution in [0.3, 0.4) is 0 Å². The van der Waals surface area contributed by atoms with Crippen molar-refractivity contribution >= 4 is 0 Å². The van der Waals surface area contributed by atoms with Crippen LogP contribution in [0.1, 0.15) is 16.8 Å². The lowest BCUT2D eigenvalue weighted by Gasteiger charge is -2.10. The van der Waals surface area contributed by atoms with Gasteiger partial charge in [0.05, 0.1) is 0 Å². The molecule has 0 fully saturated rings. The van der Waals surface area contributed by atoms with E-state index in [0.717, 1.165) is 6.07 Å². The third-order valence-corrected chi connectivity index (χ3v) is 2.56. The van der Waals surface area contributed by atoms with Gasteiger partial charge in [-0.15, -0.1) is 0 Å². The van der Waals surface area contributed by atoms with Crippen molar-refractivity contribution in [2.75, 3.05) is 0 Å². The van der Waals surface area contributed by atoms with E-state index in [0.29, 0.717) is 11.6 Å². The molecule has 2 rings (SSSR count). The molecule has 0 spiro atoms. The SMILES string of the molecule is N#Cc1ccc(C(F)(F)F)nc1OCc1ccc(F)cc1. The van der Waals surface area contributed by atoms with Gasteiger partial charge in [0.15, 0.2) is 0 Å². The Morgan fingerprint density at radius 1 is 1.10 bits per heavy atom. The minimum absolute atomic E-state index is 0.106. The Kier molecular flexibility index (Phi) is 4.08. The molecule has 0 radical (unpaired) electrons. The van der Waals surface area contributed by atoms with Crippen LogP contribution >= 0.6 is 0 Å². The second-order valence-electron chi connectivity index (χ2n) is 4.07. The van der Waals surface area contributed by atoms with Gasteiger partial charge in [0.2, 0.25) is 5.88 Å². The van der Waals surface area contributed by atoms with Crippen molar-refractivity contribution in [1.82, 2.24) is 4.98 Å². The number of hydrogen-bond acceptors (Lipinski definition) is 3. The quantitative estimate of drug-likeness (QED) is 0.811. The fraction of sp³-hybridized carbons (Fsp3) is 0.143. The first kappa shape index (κ1) is 14.8. The first-order valence-electron chi connectivity index (χ1n) is 5.76. The predicted molar refractivity (Wildman–Crippen MR) is 64.7 cm³/mol. The number of pyridine rings is 1. The third-order valence-electron chi connectivity index (χ3n) is 2.56. The lowest BCUT2D eigenvalue weighted by molar-refractivity contribution is -0.141. The summed E-state index contributed by atoms with van der Waals surface area (Å²) in [5.74, 6) is -0.842. The van der Waals surface area contributed by atoms with E-state index in [9.17, 15) is 17.6 Å². The highest BCUT2D eigenvalue weighted by Gasteiger charge is 2.33. The fourth-order valence-electron chi connectivity index (χ4n) is 1.53. The highest BCUT2D eigenvalue weighted by molar-refractivity contribution is 5.39. The predicted octanol–water partition coefficient (Wildman–Crippen LogP) is 3.69. The molecule has 3 nitrogen and oxygen atoms in total. The maximum Gasteiger partial charge on any atom is 0.433 e. The molecule has 0 aliphatic heterocycles. The number of benzene rings is 1. The summed E-state index contributed by atoms with van der Waals surface area (Å²) in [4.78, 5) is 3.30. The van der Waals surface area contributed by atoms with Gasteiger partial charge in [-0.25, -0.2) is 9.37 Å². The van der Waals surface area contributed by atoms with Crippen molar-refractivity contribution < 1.29 is 22.3 Å². The molecule has 0 N–H and O–H groups in total. The second-order valence-corrected chi connectivity index (χ2v) is 4.07. The molecule has 0 saturated carbocycles. The van der Waals surface area contributed by atoms with E-state index in [1.165, 1.54) is 24.3 Å². The summed E-state index contributed by atoms with van der Waals surface area (Å²) < 4.78 is 55.6. The van der Waals surface area contributed by atoms with E-state index in [2.05, 4.69) is 4.98 Å². The highest BCUT2D eigenvalue weighted by atomic mass is 19.4. The molecule has 0 unspecified atom stereocenters. The smallest absolute Gasteiger partial charge is 0.433 e. The molecule has 0 bridgehead atoms. The number of nitrogens with zero attached hydrogens (tertiary/aromatic N) is 2. The summed E-state index contributed by atoms with van der Waals surface area (Å²) in [6.07, 6.45) is -4.62. The van der Waals surface area contributed by atoms with Crippen molar-refractivity contribution in [3.63, 3.8) is 0 Å². The minimum atomic E-state index is -4.62. The van der Waals surface area contributed by atoms with Gasteiger partial charge in [0, 0.05) is 0 Å². The van der Waals surface area contributed by atoms with E-state index >= 15 is 0 Å². The number of ether oxygens (including phenoxy) is 1. The zero-order chi connectivity index (χ0) is 15.5. The van der Waals surface area contributed by atoms with Gasteiger partial charge < -0.3 is 4.74 Å². The van der Waals surface area contributed by atoms with Crippen LogP contribution in [0, 0.1) is 17.1 Å². The maximum atomic E-state index is 12.7. The maximum absolute atomic E-state index is 12.7. The molecule has 0 atom stereocenters. The molecule has 2 aromatic rings. The largest absolute Gasteiger partial charge is 0.472 e. The normalized spacial score (nSPS) is 11.0. The minimum Gasteiger partial charge on any atom is -0.472 e. The van der Waals surface area contributed by atoms with Crippen molar-refractivity contribution in [2.45, 2.75) is 12.8 Å². The molecular formula is C14H8F4N2O. The highest BCUT2D eigenvalue weighted by Crippen LogP contribution is 2.30. The zero-order valence-corrected chi connectivity index (χ0v) is 10.5. The zero-order valence-electron chi connectivity index (χ0n) is 10.5. The Bertz CT molecular complexity index is 675. The van der Waals surface area contributed by atoms with E-state index < -0.39 is 23.6 Å². The van der Waals surface area contributed by atoms with Crippen LogP contribution < -0.4 is 4.74 Å². The van der Waals surface area contributed by atoms with Crippen LogP contribution in [0.5, 0.6) is 5.88 Å². The Morgan fingerprint density at radius 3 is 2.33 bits per heavy atom. The van der Waals surface area contributed by atoms with Crippen LogP contribution in [-0.4, -0.2) is 4.98 Å². The Hall–Kier alpha value is -2.62. The van der Waals surface area contributed by atoms with Crippen LogP contribution in [0.15, 0.2) is 36.4 Å². The first-order valence-corrected chi connectivity index (χ1v) is 5.76. The lowest BCUT2D eigenvalue weighted by atomic mass is 10.2. The molecule has 108 valence electrons. The Balaban J connectivity index is 2.22. The molecule has 0 amide bonds. The summed E-state index contributed by atoms with van der Waals surface area (Å²) >= 11 is 0. The number of halogens is 4. The molecule has 21 heavy (non-hydrogen) atoms. The fourth-order valence-corrected chi connectivity index (χ4v) is 1.53. The monoisotopic (exact) mass is 296 g/mol. The molecule has 1 aromatic heterocycles. The van der Waals surface area contributed by atoms with Gasteiger partial charge in [0.1, 0.15) is 29.8 Å².